The molecule has 2 spiro atoms. The molecule has 1 aromatic carbocycles. The van der Waals surface area contributed by atoms with Crippen molar-refractivity contribution in [2.75, 3.05) is 32.2 Å². The number of esters is 1. The van der Waals surface area contributed by atoms with E-state index in [0.29, 0.717) is 24.3 Å². The van der Waals surface area contributed by atoms with Crippen molar-refractivity contribution >= 4 is 17.6 Å². The van der Waals surface area contributed by atoms with Crippen LogP contribution in [0, 0.1) is 5.41 Å². The van der Waals surface area contributed by atoms with E-state index in [1.54, 1.807) is 12.0 Å². The third-order valence-electron chi connectivity index (χ3n) is 9.06. The van der Waals surface area contributed by atoms with E-state index < -0.39 is 11.1 Å². The first kappa shape index (κ1) is 20.1. The first-order valence-corrected chi connectivity index (χ1v) is 11.7. The van der Waals surface area contributed by atoms with Crippen molar-refractivity contribution in [3.8, 4) is 17.2 Å². The average Bonchev–Trinajstić information content (AvgIpc) is 3.39. The van der Waals surface area contributed by atoms with Crippen LogP contribution in [0.2, 0.25) is 0 Å². The van der Waals surface area contributed by atoms with Gasteiger partial charge in [0.05, 0.1) is 37.8 Å². The van der Waals surface area contributed by atoms with Gasteiger partial charge < -0.3 is 24.2 Å². The van der Waals surface area contributed by atoms with Crippen molar-refractivity contribution in [3.05, 3.63) is 11.6 Å². The van der Waals surface area contributed by atoms with Crippen LogP contribution in [0.3, 0.4) is 0 Å². The summed E-state index contributed by atoms with van der Waals surface area (Å²) in [6, 6.07) is 1.73. The second-order valence-corrected chi connectivity index (χ2v) is 9.92. The summed E-state index contributed by atoms with van der Waals surface area (Å²) < 4.78 is 17.5. The third kappa shape index (κ3) is 1.92. The first-order valence-electron chi connectivity index (χ1n) is 11.7. The molecule has 0 unspecified atom stereocenters. The van der Waals surface area contributed by atoms with E-state index in [4.69, 9.17) is 14.2 Å². The van der Waals surface area contributed by atoms with E-state index in [1.807, 2.05) is 13.0 Å². The van der Waals surface area contributed by atoms with E-state index in [-0.39, 0.29) is 34.8 Å². The molecule has 1 aromatic rings. The Morgan fingerprint density at radius 1 is 1.25 bits per heavy atom. The lowest BCUT2D eigenvalue weighted by Gasteiger charge is -2.61. The Balaban J connectivity index is 1.70. The Bertz CT molecular complexity index is 1040. The van der Waals surface area contributed by atoms with Crippen molar-refractivity contribution in [1.82, 2.24) is 4.90 Å². The summed E-state index contributed by atoms with van der Waals surface area (Å²) in [4.78, 5) is 30.4. The van der Waals surface area contributed by atoms with Crippen LogP contribution in [0.25, 0.3) is 0 Å². The molecule has 5 aliphatic rings. The standard InChI is InChI=1S/C24H30N2O6/c1-4-17(27)26-16-6-8-22-7-5-10-25-11-9-23(16,24(22,25)32-18(28)13-22)14-12-15(30-2)21(31-3)20(29)19(14)26/h12,16,29H,4-11,13H2,1-3H3/t16-,22-,23-,24+/m1/s1. The van der Waals surface area contributed by atoms with Gasteiger partial charge in [-0.15, -0.1) is 0 Å². The summed E-state index contributed by atoms with van der Waals surface area (Å²) in [7, 11) is 3.03. The van der Waals surface area contributed by atoms with Gasteiger partial charge in [0.1, 0.15) is 0 Å². The van der Waals surface area contributed by atoms with Gasteiger partial charge in [0.25, 0.3) is 0 Å². The zero-order valence-corrected chi connectivity index (χ0v) is 18.9. The Morgan fingerprint density at radius 3 is 2.78 bits per heavy atom. The molecule has 8 heteroatoms. The predicted octanol–water partition coefficient (Wildman–Crippen LogP) is 2.70. The summed E-state index contributed by atoms with van der Waals surface area (Å²) in [6.45, 7) is 3.52. The highest BCUT2D eigenvalue weighted by molar-refractivity contribution is 6.00. The van der Waals surface area contributed by atoms with Crippen LogP contribution in [-0.4, -0.2) is 61.0 Å². The number of carbonyl (C=O) groups is 2. The van der Waals surface area contributed by atoms with Crippen molar-refractivity contribution in [1.29, 1.82) is 0 Å². The molecule has 1 amide bonds. The molecule has 0 radical (unpaired) electrons. The fraction of sp³-hybridized carbons (Fsp3) is 0.667. The van der Waals surface area contributed by atoms with Crippen LogP contribution in [-0.2, 0) is 19.7 Å². The van der Waals surface area contributed by atoms with Crippen LogP contribution in [0.4, 0.5) is 5.69 Å². The molecule has 1 saturated carbocycles. The quantitative estimate of drug-likeness (QED) is 0.720. The number of methoxy groups -OCH3 is 2. The number of rotatable bonds is 3. The molecule has 1 aliphatic carbocycles. The Morgan fingerprint density at radius 2 is 2.06 bits per heavy atom. The van der Waals surface area contributed by atoms with Crippen LogP contribution < -0.4 is 14.4 Å². The molecule has 4 fully saturated rings. The smallest absolute Gasteiger partial charge is 0.308 e. The molecule has 4 heterocycles. The lowest BCUT2D eigenvalue weighted by Crippen LogP contribution is -2.73. The van der Waals surface area contributed by atoms with Gasteiger partial charge in [-0.1, -0.05) is 6.92 Å². The number of aromatic hydroxyl groups is 1. The number of phenols is 1. The normalized spacial score (nSPS) is 36.8. The van der Waals surface area contributed by atoms with Gasteiger partial charge in [-0.2, -0.15) is 0 Å². The topological polar surface area (TPSA) is 88.5 Å². The zero-order chi connectivity index (χ0) is 22.5. The molecule has 0 bridgehead atoms. The highest BCUT2D eigenvalue weighted by Gasteiger charge is 2.82. The monoisotopic (exact) mass is 442 g/mol. The van der Waals surface area contributed by atoms with Gasteiger partial charge in [0, 0.05) is 24.9 Å². The molecule has 3 saturated heterocycles. The molecule has 6 rings (SSSR count). The lowest BCUT2D eigenvalue weighted by atomic mass is 9.50. The molecule has 172 valence electrons. The molecule has 0 aromatic heterocycles. The third-order valence-corrected chi connectivity index (χ3v) is 9.06. The molecule has 4 aliphatic heterocycles. The highest BCUT2D eigenvalue weighted by Crippen LogP contribution is 2.74. The van der Waals surface area contributed by atoms with Crippen molar-refractivity contribution in [2.24, 2.45) is 5.41 Å². The minimum Gasteiger partial charge on any atom is -0.503 e. The van der Waals surface area contributed by atoms with Gasteiger partial charge >= 0.3 is 5.97 Å². The summed E-state index contributed by atoms with van der Waals surface area (Å²) in [5.74, 6) is 0.381. The first-order chi connectivity index (χ1) is 15.4. The fourth-order valence-corrected chi connectivity index (χ4v) is 8.18. The number of piperidine rings is 1. The Hall–Kier alpha value is -2.48. The summed E-state index contributed by atoms with van der Waals surface area (Å²) >= 11 is 0. The zero-order valence-electron chi connectivity index (χ0n) is 18.9. The van der Waals surface area contributed by atoms with Crippen LogP contribution in [0.1, 0.15) is 57.4 Å². The van der Waals surface area contributed by atoms with Crippen LogP contribution in [0.5, 0.6) is 17.2 Å². The molecular weight excluding hydrogens is 412 g/mol. The van der Waals surface area contributed by atoms with E-state index in [0.717, 1.165) is 50.8 Å². The fourth-order valence-electron chi connectivity index (χ4n) is 8.18. The summed E-state index contributed by atoms with van der Waals surface area (Å²) in [5.41, 5.74) is -0.306. The molecule has 8 nitrogen and oxygen atoms in total. The minimum absolute atomic E-state index is 0.0434. The largest absolute Gasteiger partial charge is 0.503 e. The maximum atomic E-state index is 13.3. The number of nitrogens with zero attached hydrogens (tertiary/aromatic N) is 2. The summed E-state index contributed by atoms with van der Waals surface area (Å²) in [5, 5.41) is 11.4. The maximum Gasteiger partial charge on any atom is 0.308 e. The lowest BCUT2D eigenvalue weighted by molar-refractivity contribution is -0.230. The van der Waals surface area contributed by atoms with Gasteiger partial charge in [-0.25, -0.2) is 0 Å². The van der Waals surface area contributed by atoms with E-state index in [2.05, 4.69) is 4.90 Å². The number of hydrogen-bond donors (Lipinski definition) is 1. The number of fused-ring (bicyclic) bond motifs is 1. The number of hydrogen-bond acceptors (Lipinski definition) is 7. The minimum atomic E-state index is -0.790. The van der Waals surface area contributed by atoms with Crippen molar-refractivity contribution in [3.63, 3.8) is 0 Å². The number of ether oxygens (including phenoxy) is 3. The second kappa shape index (κ2) is 6.31. The molecule has 32 heavy (non-hydrogen) atoms. The van der Waals surface area contributed by atoms with Gasteiger partial charge in [0.15, 0.2) is 17.2 Å². The Labute approximate surface area is 187 Å². The van der Waals surface area contributed by atoms with E-state index >= 15 is 0 Å². The number of benzene rings is 1. The molecule has 4 atom stereocenters. The van der Waals surface area contributed by atoms with Crippen molar-refractivity contribution in [2.45, 2.75) is 69.1 Å². The SMILES string of the molecule is CCC(=O)N1c2c(cc(OC)c(OC)c2O)[C@]23CCN4CCC[C@@]5(CC[C@@H]12)CC(=O)O[C@@]453. The predicted molar refractivity (Wildman–Crippen MR) is 115 cm³/mol. The van der Waals surface area contributed by atoms with Crippen molar-refractivity contribution < 1.29 is 28.9 Å². The average molecular weight is 443 g/mol. The van der Waals surface area contributed by atoms with Gasteiger partial charge in [0.2, 0.25) is 11.7 Å². The van der Waals surface area contributed by atoms with Crippen LogP contribution in [0.15, 0.2) is 6.07 Å². The maximum absolute atomic E-state index is 13.3. The second-order valence-electron chi connectivity index (χ2n) is 9.92. The number of amides is 1. The van der Waals surface area contributed by atoms with Crippen LogP contribution >= 0.6 is 0 Å². The molecule has 1 N–H and O–H groups in total. The van der Waals surface area contributed by atoms with Gasteiger partial charge in [-0.3, -0.25) is 14.5 Å². The van der Waals surface area contributed by atoms with Gasteiger partial charge in [-0.05, 0) is 43.7 Å². The van der Waals surface area contributed by atoms with E-state index in [1.165, 1.54) is 7.11 Å². The number of phenolic OH excluding ortho intramolecular Hbond substituents is 1. The summed E-state index contributed by atoms with van der Waals surface area (Å²) in [6.07, 6.45) is 5.10. The Kier molecular flexibility index (Phi) is 3.97. The van der Waals surface area contributed by atoms with E-state index in [9.17, 15) is 14.7 Å². The number of carbonyl (C=O) groups excluding carboxylic acids is 2. The highest BCUT2D eigenvalue weighted by atomic mass is 16.6. The number of anilines is 1. The molecular formula is C24H30N2O6.